The average molecular weight is 279 g/mol. The van der Waals surface area contributed by atoms with Crippen LogP contribution in [0.2, 0.25) is 0 Å². The molecule has 1 saturated heterocycles. The number of likely N-dealkylation sites (tertiary alicyclic amines) is 1. The largest absolute Gasteiger partial charge is 0.339 e. The van der Waals surface area contributed by atoms with Crippen LogP contribution in [0.15, 0.2) is 0 Å². The van der Waals surface area contributed by atoms with Gasteiger partial charge < -0.3 is 4.90 Å². The summed E-state index contributed by atoms with van der Waals surface area (Å²) in [6.45, 7) is 3.06. The lowest BCUT2D eigenvalue weighted by Crippen LogP contribution is -2.48. The van der Waals surface area contributed by atoms with E-state index < -0.39 is 0 Å². The number of carbonyl (C=O) groups excluding carboxylic acids is 2. The molecule has 1 heterocycles. The first-order valence-corrected chi connectivity index (χ1v) is 8.56. The van der Waals surface area contributed by atoms with Crippen LogP contribution in [-0.4, -0.2) is 29.2 Å². The van der Waals surface area contributed by atoms with Crippen LogP contribution in [0.5, 0.6) is 0 Å². The van der Waals surface area contributed by atoms with Crippen molar-refractivity contribution in [1.82, 2.24) is 4.90 Å². The highest BCUT2D eigenvalue weighted by Crippen LogP contribution is 2.33. The maximum absolute atomic E-state index is 12.4. The fraction of sp³-hybridized carbons (Fsp3) is 0.882. The summed E-state index contributed by atoms with van der Waals surface area (Å²) in [5.41, 5.74) is 0. The van der Waals surface area contributed by atoms with Gasteiger partial charge >= 0.3 is 0 Å². The Hall–Kier alpha value is -0.860. The summed E-state index contributed by atoms with van der Waals surface area (Å²) in [5, 5.41) is 0. The Balaban J connectivity index is 1.89. The smallest absolute Gasteiger partial charge is 0.222 e. The van der Waals surface area contributed by atoms with E-state index in [0.29, 0.717) is 18.1 Å². The van der Waals surface area contributed by atoms with Crippen molar-refractivity contribution in [2.75, 3.05) is 6.54 Å². The van der Waals surface area contributed by atoms with Crippen LogP contribution in [0, 0.1) is 5.92 Å². The van der Waals surface area contributed by atoms with Crippen LogP contribution >= 0.6 is 0 Å². The molecule has 0 radical (unpaired) electrons. The Morgan fingerprint density at radius 3 is 2.70 bits per heavy atom. The lowest BCUT2D eigenvalue weighted by Gasteiger charge is -2.39. The predicted molar refractivity (Wildman–Crippen MR) is 80.5 cm³/mol. The number of ketones is 1. The molecule has 0 aromatic carbocycles. The fourth-order valence-electron chi connectivity index (χ4n) is 3.78. The minimum atomic E-state index is 0.148. The predicted octanol–water partition coefficient (Wildman–Crippen LogP) is 3.71. The molecule has 2 rings (SSSR count). The Labute approximate surface area is 123 Å². The number of piperidine rings is 1. The first-order valence-electron chi connectivity index (χ1n) is 8.56. The zero-order valence-electron chi connectivity index (χ0n) is 12.9. The number of hydrogen-bond acceptors (Lipinski definition) is 2. The molecule has 1 aliphatic heterocycles. The van der Waals surface area contributed by atoms with Crippen molar-refractivity contribution in [3.8, 4) is 0 Å². The lowest BCUT2D eigenvalue weighted by molar-refractivity contribution is -0.138. The van der Waals surface area contributed by atoms with Gasteiger partial charge in [0, 0.05) is 31.3 Å². The van der Waals surface area contributed by atoms with Crippen molar-refractivity contribution in [1.29, 1.82) is 0 Å². The van der Waals surface area contributed by atoms with E-state index in [4.69, 9.17) is 0 Å². The number of nitrogens with zero attached hydrogens (tertiary/aromatic N) is 1. The van der Waals surface area contributed by atoms with Crippen LogP contribution in [0.1, 0.15) is 77.6 Å². The number of Topliss-reactive ketones (excluding diaryl/α,β-unsaturated/α-hetero) is 1. The van der Waals surface area contributed by atoms with Crippen LogP contribution < -0.4 is 0 Å². The van der Waals surface area contributed by atoms with Crippen molar-refractivity contribution < 1.29 is 9.59 Å². The van der Waals surface area contributed by atoms with Gasteiger partial charge in [0.05, 0.1) is 0 Å². The summed E-state index contributed by atoms with van der Waals surface area (Å²) in [4.78, 5) is 26.5. The SMILES string of the molecule is CCCCCCC(=O)N1CCCCC1C1CCCC1=O. The molecule has 2 aliphatic rings. The van der Waals surface area contributed by atoms with Crippen LogP contribution in [0.4, 0.5) is 0 Å². The van der Waals surface area contributed by atoms with Crippen molar-refractivity contribution in [2.45, 2.75) is 83.6 Å². The third-order valence-electron chi connectivity index (χ3n) is 4.93. The molecule has 1 aliphatic carbocycles. The van der Waals surface area contributed by atoms with Gasteiger partial charge in [0.15, 0.2) is 0 Å². The summed E-state index contributed by atoms with van der Waals surface area (Å²) in [6.07, 6.45) is 11.4. The molecule has 20 heavy (non-hydrogen) atoms. The topological polar surface area (TPSA) is 37.4 Å². The minimum absolute atomic E-state index is 0.148. The number of rotatable bonds is 6. The van der Waals surface area contributed by atoms with Gasteiger partial charge in [-0.05, 0) is 38.5 Å². The molecule has 1 amide bonds. The first-order chi connectivity index (χ1) is 9.74. The van der Waals surface area contributed by atoms with Gasteiger partial charge in [-0.25, -0.2) is 0 Å². The first kappa shape index (κ1) is 15.5. The average Bonchev–Trinajstić information content (AvgIpc) is 2.89. The molecule has 0 aromatic rings. The molecular formula is C17H29NO2. The van der Waals surface area contributed by atoms with Gasteiger partial charge in [0.2, 0.25) is 5.91 Å². The van der Waals surface area contributed by atoms with Crippen LogP contribution in [0.25, 0.3) is 0 Å². The number of amides is 1. The molecule has 0 spiro atoms. The third-order valence-corrected chi connectivity index (χ3v) is 4.93. The van der Waals surface area contributed by atoms with Crippen molar-refractivity contribution >= 4 is 11.7 Å². The molecule has 1 saturated carbocycles. The minimum Gasteiger partial charge on any atom is -0.339 e. The Morgan fingerprint density at radius 2 is 2.00 bits per heavy atom. The number of hydrogen-bond donors (Lipinski definition) is 0. The Kier molecular flexibility index (Phi) is 6.06. The highest BCUT2D eigenvalue weighted by molar-refractivity contribution is 5.85. The molecule has 0 N–H and O–H groups in total. The Morgan fingerprint density at radius 1 is 1.15 bits per heavy atom. The normalized spacial score (nSPS) is 27.1. The van der Waals surface area contributed by atoms with E-state index in [1.165, 1.54) is 19.3 Å². The lowest BCUT2D eigenvalue weighted by atomic mass is 9.88. The number of unbranched alkanes of at least 4 members (excludes halogenated alkanes) is 3. The molecule has 2 unspecified atom stereocenters. The maximum Gasteiger partial charge on any atom is 0.222 e. The quantitative estimate of drug-likeness (QED) is 0.695. The van der Waals surface area contributed by atoms with E-state index in [1.807, 2.05) is 0 Å². The van der Waals surface area contributed by atoms with E-state index in [9.17, 15) is 9.59 Å². The van der Waals surface area contributed by atoms with Crippen molar-refractivity contribution in [3.63, 3.8) is 0 Å². The zero-order chi connectivity index (χ0) is 14.4. The van der Waals surface area contributed by atoms with Gasteiger partial charge in [-0.2, -0.15) is 0 Å². The van der Waals surface area contributed by atoms with Crippen LogP contribution in [-0.2, 0) is 9.59 Å². The van der Waals surface area contributed by atoms with Gasteiger partial charge in [-0.3, -0.25) is 9.59 Å². The van der Waals surface area contributed by atoms with Gasteiger partial charge in [0.1, 0.15) is 5.78 Å². The van der Waals surface area contributed by atoms with Crippen molar-refractivity contribution in [2.24, 2.45) is 5.92 Å². The van der Waals surface area contributed by atoms with Gasteiger partial charge in [0.25, 0.3) is 0 Å². The molecule has 2 fully saturated rings. The standard InChI is InChI=1S/C17H29NO2/c1-2-3-4-5-12-17(20)18-13-7-6-10-15(18)14-9-8-11-16(14)19/h14-15H,2-13H2,1H3. The summed E-state index contributed by atoms with van der Waals surface area (Å²) in [5.74, 6) is 0.848. The van der Waals surface area contributed by atoms with Crippen molar-refractivity contribution in [3.05, 3.63) is 0 Å². The Bertz CT molecular complexity index is 340. The molecule has 0 bridgehead atoms. The zero-order valence-corrected chi connectivity index (χ0v) is 12.9. The molecule has 3 heteroatoms. The number of carbonyl (C=O) groups is 2. The highest BCUT2D eigenvalue weighted by atomic mass is 16.2. The van der Waals surface area contributed by atoms with E-state index in [-0.39, 0.29) is 12.0 Å². The summed E-state index contributed by atoms with van der Waals surface area (Å²) < 4.78 is 0. The molecule has 3 nitrogen and oxygen atoms in total. The molecule has 0 aromatic heterocycles. The molecular weight excluding hydrogens is 250 g/mol. The van der Waals surface area contributed by atoms with Gasteiger partial charge in [-0.1, -0.05) is 26.2 Å². The van der Waals surface area contributed by atoms with E-state index in [0.717, 1.165) is 51.5 Å². The summed E-state index contributed by atoms with van der Waals surface area (Å²) in [6, 6.07) is 0.220. The second-order valence-electron chi connectivity index (χ2n) is 6.43. The fourth-order valence-corrected chi connectivity index (χ4v) is 3.78. The second kappa shape index (κ2) is 7.80. The highest BCUT2D eigenvalue weighted by Gasteiger charge is 2.38. The second-order valence-corrected chi connectivity index (χ2v) is 6.43. The monoisotopic (exact) mass is 279 g/mol. The van der Waals surface area contributed by atoms with Crippen LogP contribution in [0.3, 0.4) is 0 Å². The molecule has 2 atom stereocenters. The van der Waals surface area contributed by atoms with Gasteiger partial charge in [-0.15, -0.1) is 0 Å². The summed E-state index contributed by atoms with van der Waals surface area (Å²) in [7, 11) is 0. The van der Waals surface area contributed by atoms with E-state index >= 15 is 0 Å². The summed E-state index contributed by atoms with van der Waals surface area (Å²) >= 11 is 0. The molecule has 114 valence electrons. The third kappa shape index (κ3) is 3.83. The maximum atomic E-state index is 12.4. The van der Waals surface area contributed by atoms with E-state index in [1.54, 1.807) is 0 Å². The van der Waals surface area contributed by atoms with E-state index in [2.05, 4.69) is 11.8 Å².